The van der Waals surface area contributed by atoms with E-state index in [2.05, 4.69) is 16.8 Å². The number of rotatable bonds is 2. The van der Waals surface area contributed by atoms with Crippen molar-refractivity contribution in [3.63, 3.8) is 0 Å². The van der Waals surface area contributed by atoms with Crippen LogP contribution in [0.4, 0.5) is 0 Å². The molecule has 1 amide bonds. The topological polar surface area (TPSA) is 42.0 Å². The number of carbonyl (C=O) groups is 1. The zero-order chi connectivity index (χ0) is 16.6. The van der Waals surface area contributed by atoms with Crippen molar-refractivity contribution < 1.29 is 14.3 Å². The van der Waals surface area contributed by atoms with E-state index < -0.39 is 0 Å². The highest BCUT2D eigenvalue weighted by molar-refractivity contribution is 5.92. The number of ether oxygens (including phenoxy) is 2. The van der Waals surface area contributed by atoms with E-state index in [-0.39, 0.29) is 18.2 Å². The minimum absolute atomic E-state index is 0.0449. The third-order valence-corrected chi connectivity index (χ3v) is 5.46. The van der Waals surface area contributed by atoms with Gasteiger partial charge in [0.2, 0.25) is 12.7 Å². The molecule has 2 fully saturated rings. The van der Waals surface area contributed by atoms with Gasteiger partial charge in [0.1, 0.15) is 0 Å². The molecule has 2 heterocycles. The predicted octanol–water partition coefficient (Wildman–Crippen LogP) is 2.52. The number of hydrogen-bond acceptors (Lipinski definition) is 4. The molecule has 5 nitrogen and oxygen atoms in total. The molecule has 0 radical (unpaired) electrons. The molecule has 0 bridgehead atoms. The van der Waals surface area contributed by atoms with Crippen molar-refractivity contribution in [1.29, 1.82) is 0 Å². The molecule has 1 aromatic carbocycles. The molecule has 3 aliphatic rings. The van der Waals surface area contributed by atoms with Crippen LogP contribution in [0, 0.1) is 0 Å². The van der Waals surface area contributed by atoms with Gasteiger partial charge in [0.15, 0.2) is 11.5 Å². The zero-order valence-corrected chi connectivity index (χ0v) is 14.2. The summed E-state index contributed by atoms with van der Waals surface area (Å²) in [6.07, 6.45) is 8.29. The maximum absolute atomic E-state index is 12.8. The Labute approximate surface area is 142 Å². The molecule has 2 aliphatic heterocycles. The summed E-state index contributed by atoms with van der Waals surface area (Å²) in [5.41, 5.74) is 1.01. The van der Waals surface area contributed by atoms with Crippen LogP contribution in [0.3, 0.4) is 0 Å². The van der Waals surface area contributed by atoms with Crippen LogP contribution in [0.25, 0.3) is 6.08 Å². The van der Waals surface area contributed by atoms with Gasteiger partial charge in [-0.05, 0) is 43.7 Å². The van der Waals surface area contributed by atoms with Crippen molar-refractivity contribution in [1.82, 2.24) is 9.80 Å². The van der Waals surface area contributed by atoms with Crippen LogP contribution in [0.5, 0.6) is 11.5 Å². The van der Waals surface area contributed by atoms with Gasteiger partial charge in [0.25, 0.3) is 0 Å². The first kappa shape index (κ1) is 15.5. The van der Waals surface area contributed by atoms with E-state index >= 15 is 0 Å². The Kier molecular flexibility index (Phi) is 3.96. The molecule has 1 aliphatic carbocycles. The fourth-order valence-corrected chi connectivity index (χ4v) is 4.25. The Morgan fingerprint density at radius 2 is 1.96 bits per heavy atom. The highest BCUT2D eigenvalue weighted by Crippen LogP contribution is 2.38. The van der Waals surface area contributed by atoms with Crippen LogP contribution in [-0.2, 0) is 4.79 Å². The van der Waals surface area contributed by atoms with E-state index in [1.165, 1.54) is 12.8 Å². The summed E-state index contributed by atoms with van der Waals surface area (Å²) in [6.45, 7) is 3.04. The van der Waals surface area contributed by atoms with Gasteiger partial charge >= 0.3 is 0 Å². The minimum atomic E-state index is 0.0449. The molecule has 1 aromatic rings. The van der Waals surface area contributed by atoms with Crippen LogP contribution >= 0.6 is 0 Å². The smallest absolute Gasteiger partial charge is 0.247 e. The summed E-state index contributed by atoms with van der Waals surface area (Å²) < 4.78 is 10.7. The molecule has 0 unspecified atom stereocenters. The van der Waals surface area contributed by atoms with Crippen molar-refractivity contribution in [3.05, 3.63) is 29.8 Å². The highest BCUT2D eigenvalue weighted by Gasteiger charge is 2.44. The number of carbonyl (C=O) groups excluding carboxylic acids is 1. The van der Waals surface area contributed by atoms with Gasteiger partial charge in [-0.15, -0.1) is 0 Å². The number of hydrogen-bond donors (Lipinski definition) is 0. The number of piperazine rings is 1. The van der Waals surface area contributed by atoms with Crippen LogP contribution in [-0.4, -0.2) is 54.7 Å². The lowest BCUT2D eigenvalue weighted by molar-refractivity contribution is -0.136. The lowest BCUT2D eigenvalue weighted by Gasteiger charge is -2.48. The second kappa shape index (κ2) is 6.13. The predicted molar refractivity (Wildman–Crippen MR) is 92.0 cm³/mol. The van der Waals surface area contributed by atoms with Gasteiger partial charge in [-0.25, -0.2) is 0 Å². The lowest BCUT2D eigenvalue weighted by Crippen LogP contribution is -2.61. The average molecular weight is 328 g/mol. The number of fused-ring (bicyclic) bond motifs is 1. The Morgan fingerprint density at radius 1 is 1.17 bits per heavy atom. The molecule has 0 atom stereocenters. The molecule has 128 valence electrons. The number of amides is 1. The minimum Gasteiger partial charge on any atom is -0.454 e. The first-order valence-electron chi connectivity index (χ1n) is 8.74. The molecular weight excluding hydrogens is 304 g/mol. The molecule has 0 N–H and O–H groups in total. The van der Waals surface area contributed by atoms with Crippen molar-refractivity contribution in [2.24, 2.45) is 0 Å². The summed E-state index contributed by atoms with van der Waals surface area (Å²) in [6, 6.07) is 5.76. The summed E-state index contributed by atoms with van der Waals surface area (Å²) in [5, 5.41) is 0. The Morgan fingerprint density at radius 3 is 2.79 bits per heavy atom. The Bertz CT molecular complexity index is 665. The highest BCUT2D eigenvalue weighted by atomic mass is 16.7. The van der Waals surface area contributed by atoms with E-state index in [0.29, 0.717) is 0 Å². The molecule has 4 rings (SSSR count). The summed E-state index contributed by atoms with van der Waals surface area (Å²) in [7, 11) is 2.16. The second-order valence-corrected chi connectivity index (χ2v) is 7.11. The van der Waals surface area contributed by atoms with Crippen LogP contribution in [0.2, 0.25) is 0 Å². The first-order chi connectivity index (χ1) is 11.7. The standard InChI is InChI=1S/C19H24N2O3/c1-20-10-11-21(19(13-20)8-2-3-9-19)18(22)7-5-15-4-6-16-17(12-15)24-14-23-16/h4-7,12H,2-3,8-11,13-14H2,1H3. The van der Waals surface area contributed by atoms with E-state index in [9.17, 15) is 4.79 Å². The Balaban J connectivity index is 1.50. The SMILES string of the molecule is CN1CCN(C(=O)C=Cc2ccc3c(c2)OCO3)C2(CCCC2)C1. The third-order valence-electron chi connectivity index (χ3n) is 5.46. The van der Waals surface area contributed by atoms with Gasteiger partial charge in [-0.2, -0.15) is 0 Å². The molecule has 0 aromatic heterocycles. The maximum atomic E-state index is 12.8. The van der Waals surface area contributed by atoms with Gasteiger partial charge < -0.3 is 19.3 Å². The molecule has 24 heavy (non-hydrogen) atoms. The lowest BCUT2D eigenvalue weighted by atomic mass is 9.91. The molecule has 1 saturated carbocycles. The molecular formula is C19H24N2O3. The fourth-order valence-electron chi connectivity index (χ4n) is 4.25. The van der Waals surface area contributed by atoms with Crippen molar-refractivity contribution in [2.45, 2.75) is 31.2 Å². The fraction of sp³-hybridized carbons (Fsp3) is 0.526. The van der Waals surface area contributed by atoms with Crippen molar-refractivity contribution in [3.8, 4) is 11.5 Å². The van der Waals surface area contributed by atoms with Gasteiger partial charge in [-0.1, -0.05) is 18.9 Å². The van der Waals surface area contributed by atoms with Gasteiger partial charge in [0.05, 0.1) is 5.54 Å². The van der Waals surface area contributed by atoms with Crippen molar-refractivity contribution >= 4 is 12.0 Å². The summed E-state index contributed by atoms with van der Waals surface area (Å²) in [4.78, 5) is 17.3. The van der Waals surface area contributed by atoms with Crippen LogP contribution in [0.15, 0.2) is 24.3 Å². The molecule has 1 saturated heterocycles. The van der Waals surface area contributed by atoms with Crippen LogP contribution < -0.4 is 9.47 Å². The summed E-state index contributed by atoms with van der Waals surface area (Å²) in [5.74, 6) is 1.64. The number of likely N-dealkylation sites (N-methyl/N-ethyl adjacent to an activating group) is 1. The van der Waals surface area contributed by atoms with E-state index in [0.717, 1.165) is 49.5 Å². The van der Waals surface area contributed by atoms with Gasteiger partial charge in [0, 0.05) is 25.7 Å². The number of benzene rings is 1. The summed E-state index contributed by atoms with van der Waals surface area (Å²) >= 11 is 0. The van der Waals surface area contributed by atoms with E-state index in [1.54, 1.807) is 6.08 Å². The van der Waals surface area contributed by atoms with E-state index in [4.69, 9.17) is 9.47 Å². The van der Waals surface area contributed by atoms with Gasteiger partial charge in [-0.3, -0.25) is 4.79 Å². The van der Waals surface area contributed by atoms with Crippen LogP contribution in [0.1, 0.15) is 31.2 Å². The van der Waals surface area contributed by atoms with Crippen molar-refractivity contribution in [2.75, 3.05) is 33.5 Å². The Hall–Kier alpha value is -2.01. The maximum Gasteiger partial charge on any atom is 0.247 e. The molecule has 1 spiro atoms. The van der Waals surface area contributed by atoms with E-state index in [1.807, 2.05) is 24.3 Å². The number of nitrogens with zero attached hydrogens (tertiary/aromatic N) is 2. The monoisotopic (exact) mass is 328 g/mol. The average Bonchev–Trinajstić information content (AvgIpc) is 3.22. The zero-order valence-electron chi connectivity index (χ0n) is 14.2. The second-order valence-electron chi connectivity index (χ2n) is 7.11. The largest absolute Gasteiger partial charge is 0.454 e. The first-order valence-corrected chi connectivity index (χ1v) is 8.74. The quantitative estimate of drug-likeness (QED) is 0.783. The normalized spacial score (nSPS) is 22.6. The third kappa shape index (κ3) is 2.77. The molecule has 5 heteroatoms.